The predicted molar refractivity (Wildman–Crippen MR) is 64.1 cm³/mol. The van der Waals surface area contributed by atoms with Crippen LogP contribution in [0.5, 0.6) is 0 Å². The molecule has 0 spiro atoms. The van der Waals surface area contributed by atoms with E-state index in [4.69, 9.17) is 0 Å². The highest BCUT2D eigenvalue weighted by molar-refractivity contribution is 8.00. The van der Waals surface area contributed by atoms with Gasteiger partial charge in [0.05, 0.1) is 12.9 Å². The van der Waals surface area contributed by atoms with E-state index in [-0.39, 0.29) is 5.97 Å². The fourth-order valence-corrected chi connectivity index (χ4v) is 3.41. The fraction of sp³-hybridized carbons (Fsp3) is 0.909. The van der Waals surface area contributed by atoms with Crippen LogP contribution in [0.4, 0.5) is 0 Å². The fourth-order valence-electron chi connectivity index (χ4n) is 2.15. The second kappa shape index (κ2) is 6.38. The van der Waals surface area contributed by atoms with Crippen LogP contribution in [0.3, 0.4) is 0 Å². The van der Waals surface area contributed by atoms with Gasteiger partial charge in [-0.05, 0) is 25.3 Å². The lowest BCUT2D eigenvalue weighted by Crippen LogP contribution is -2.33. The molecular formula is C11H21NO2S. The Labute approximate surface area is 96.3 Å². The number of hydrogen-bond donors (Lipinski definition) is 1. The Morgan fingerprint density at radius 1 is 1.53 bits per heavy atom. The van der Waals surface area contributed by atoms with Gasteiger partial charge in [0.2, 0.25) is 0 Å². The van der Waals surface area contributed by atoms with Gasteiger partial charge in [0.15, 0.2) is 0 Å². The van der Waals surface area contributed by atoms with Crippen LogP contribution in [-0.4, -0.2) is 36.7 Å². The Balaban J connectivity index is 2.29. The van der Waals surface area contributed by atoms with Gasteiger partial charge in [0.1, 0.15) is 0 Å². The third-order valence-corrected chi connectivity index (χ3v) is 4.59. The topological polar surface area (TPSA) is 38.3 Å². The smallest absolute Gasteiger partial charge is 0.315 e. The third-order valence-electron chi connectivity index (χ3n) is 3.09. The average molecular weight is 231 g/mol. The quantitative estimate of drug-likeness (QED) is 0.731. The lowest BCUT2D eigenvalue weighted by molar-refractivity contribution is -0.137. The molecule has 3 unspecified atom stereocenters. The van der Waals surface area contributed by atoms with E-state index in [2.05, 4.69) is 23.9 Å². The second-order valence-corrected chi connectivity index (χ2v) is 5.25. The minimum atomic E-state index is -0.112. The number of methoxy groups -OCH3 is 1. The molecule has 0 bridgehead atoms. The molecule has 15 heavy (non-hydrogen) atoms. The summed E-state index contributed by atoms with van der Waals surface area (Å²) >= 11 is 1.74. The zero-order valence-electron chi connectivity index (χ0n) is 9.79. The van der Waals surface area contributed by atoms with Crippen molar-refractivity contribution in [1.82, 2.24) is 5.32 Å². The maximum absolute atomic E-state index is 11.0. The van der Waals surface area contributed by atoms with E-state index in [0.29, 0.717) is 23.0 Å². The summed E-state index contributed by atoms with van der Waals surface area (Å²) in [5, 5.41) is 4.10. The highest BCUT2D eigenvalue weighted by atomic mass is 32.2. The molecule has 0 saturated heterocycles. The summed E-state index contributed by atoms with van der Waals surface area (Å²) in [6.45, 7) is 5.44. The molecule has 0 aromatic heterocycles. The van der Waals surface area contributed by atoms with Crippen LogP contribution in [0.25, 0.3) is 0 Å². The van der Waals surface area contributed by atoms with Crippen molar-refractivity contribution in [3.63, 3.8) is 0 Å². The molecule has 0 aliphatic heterocycles. The molecule has 1 aliphatic carbocycles. The number of hydrogen-bond acceptors (Lipinski definition) is 4. The van der Waals surface area contributed by atoms with E-state index in [1.54, 1.807) is 11.8 Å². The van der Waals surface area contributed by atoms with Crippen molar-refractivity contribution in [1.29, 1.82) is 0 Å². The first-order chi connectivity index (χ1) is 7.19. The summed E-state index contributed by atoms with van der Waals surface area (Å²) in [5.74, 6) is 1.03. The van der Waals surface area contributed by atoms with E-state index in [1.807, 2.05) is 0 Å². The SMILES string of the molecule is CCNC1CCC(SCC(=O)OC)C1C. The zero-order chi connectivity index (χ0) is 11.3. The van der Waals surface area contributed by atoms with E-state index < -0.39 is 0 Å². The Kier molecular flexibility index (Phi) is 5.47. The van der Waals surface area contributed by atoms with Crippen molar-refractivity contribution in [2.24, 2.45) is 5.92 Å². The van der Waals surface area contributed by atoms with Gasteiger partial charge < -0.3 is 10.1 Å². The normalized spacial score (nSPS) is 30.5. The molecule has 1 aliphatic rings. The van der Waals surface area contributed by atoms with Gasteiger partial charge in [0.25, 0.3) is 0 Å². The Morgan fingerprint density at radius 2 is 2.27 bits per heavy atom. The number of esters is 1. The second-order valence-electron chi connectivity index (χ2n) is 4.03. The molecule has 4 heteroatoms. The highest BCUT2D eigenvalue weighted by Gasteiger charge is 2.32. The van der Waals surface area contributed by atoms with Crippen molar-refractivity contribution in [3.05, 3.63) is 0 Å². The minimum absolute atomic E-state index is 0.112. The van der Waals surface area contributed by atoms with Gasteiger partial charge in [-0.1, -0.05) is 13.8 Å². The highest BCUT2D eigenvalue weighted by Crippen LogP contribution is 2.34. The summed E-state index contributed by atoms with van der Waals surface area (Å²) in [6, 6.07) is 0.630. The maximum atomic E-state index is 11.0. The Hall–Kier alpha value is -0.220. The molecule has 0 heterocycles. The van der Waals surface area contributed by atoms with Crippen molar-refractivity contribution in [3.8, 4) is 0 Å². The van der Waals surface area contributed by atoms with Crippen LogP contribution in [0.1, 0.15) is 26.7 Å². The molecule has 1 fully saturated rings. The third kappa shape index (κ3) is 3.68. The number of carbonyl (C=O) groups is 1. The average Bonchev–Trinajstić information content (AvgIpc) is 2.58. The van der Waals surface area contributed by atoms with Crippen molar-refractivity contribution >= 4 is 17.7 Å². The first-order valence-corrected chi connectivity index (χ1v) is 6.65. The first-order valence-electron chi connectivity index (χ1n) is 5.60. The molecule has 0 amide bonds. The summed E-state index contributed by atoms with van der Waals surface area (Å²) in [6.07, 6.45) is 2.44. The minimum Gasteiger partial charge on any atom is -0.468 e. The molecule has 3 atom stereocenters. The van der Waals surface area contributed by atoms with E-state index in [1.165, 1.54) is 20.0 Å². The monoisotopic (exact) mass is 231 g/mol. The van der Waals surface area contributed by atoms with Crippen LogP contribution in [-0.2, 0) is 9.53 Å². The molecule has 0 aromatic carbocycles. The van der Waals surface area contributed by atoms with Crippen LogP contribution in [0, 0.1) is 5.92 Å². The molecule has 88 valence electrons. The van der Waals surface area contributed by atoms with Gasteiger partial charge >= 0.3 is 5.97 Å². The number of rotatable bonds is 5. The molecule has 0 radical (unpaired) electrons. The van der Waals surface area contributed by atoms with Gasteiger partial charge in [-0.15, -0.1) is 11.8 Å². The number of nitrogens with one attached hydrogen (secondary N) is 1. The van der Waals surface area contributed by atoms with Crippen LogP contribution in [0.2, 0.25) is 0 Å². The van der Waals surface area contributed by atoms with Gasteiger partial charge in [-0.25, -0.2) is 0 Å². The van der Waals surface area contributed by atoms with Gasteiger partial charge in [0, 0.05) is 11.3 Å². The maximum Gasteiger partial charge on any atom is 0.315 e. The Morgan fingerprint density at radius 3 is 2.87 bits per heavy atom. The molecule has 3 nitrogen and oxygen atoms in total. The van der Waals surface area contributed by atoms with Gasteiger partial charge in [-0.3, -0.25) is 4.79 Å². The number of ether oxygens (including phenoxy) is 1. The van der Waals surface area contributed by atoms with Crippen molar-refractivity contribution < 1.29 is 9.53 Å². The number of carbonyl (C=O) groups excluding carboxylic acids is 1. The van der Waals surface area contributed by atoms with Crippen molar-refractivity contribution in [2.45, 2.75) is 38.0 Å². The van der Waals surface area contributed by atoms with Crippen LogP contribution in [0.15, 0.2) is 0 Å². The predicted octanol–water partition coefficient (Wildman–Crippen LogP) is 1.67. The zero-order valence-corrected chi connectivity index (χ0v) is 10.6. The van der Waals surface area contributed by atoms with E-state index in [0.717, 1.165) is 6.54 Å². The summed E-state index contributed by atoms with van der Waals surface area (Å²) in [5.41, 5.74) is 0. The molecule has 1 N–H and O–H groups in total. The lowest BCUT2D eigenvalue weighted by Gasteiger charge is -2.20. The first kappa shape index (κ1) is 12.8. The van der Waals surface area contributed by atoms with Crippen LogP contribution >= 0.6 is 11.8 Å². The summed E-state index contributed by atoms with van der Waals surface area (Å²) in [7, 11) is 1.45. The Bertz CT molecular complexity index is 211. The van der Waals surface area contributed by atoms with Crippen molar-refractivity contribution in [2.75, 3.05) is 19.4 Å². The summed E-state index contributed by atoms with van der Waals surface area (Å²) < 4.78 is 4.64. The van der Waals surface area contributed by atoms with E-state index in [9.17, 15) is 4.79 Å². The molecule has 1 rings (SSSR count). The standard InChI is InChI=1S/C11H21NO2S/c1-4-12-9-5-6-10(8(9)2)15-7-11(13)14-3/h8-10,12H,4-7H2,1-3H3. The molecular weight excluding hydrogens is 210 g/mol. The van der Waals surface area contributed by atoms with E-state index >= 15 is 0 Å². The molecule has 0 aromatic rings. The van der Waals surface area contributed by atoms with Crippen LogP contribution < -0.4 is 5.32 Å². The lowest BCUT2D eigenvalue weighted by atomic mass is 10.1. The summed E-state index contributed by atoms with van der Waals surface area (Å²) in [4.78, 5) is 11.0. The number of thioether (sulfide) groups is 1. The molecule has 1 saturated carbocycles. The largest absolute Gasteiger partial charge is 0.468 e. The van der Waals surface area contributed by atoms with Gasteiger partial charge in [-0.2, -0.15) is 0 Å².